The zero-order valence-corrected chi connectivity index (χ0v) is 18.4. The monoisotopic (exact) mass is 457 g/mol. The number of carbonyl (C=O) groups is 1. The van der Waals surface area contributed by atoms with E-state index in [0.29, 0.717) is 18.7 Å². The lowest BCUT2D eigenvalue weighted by Gasteiger charge is -2.26. The molecule has 0 aliphatic rings. The van der Waals surface area contributed by atoms with Crippen molar-refractivity contribution < 1.29 is 22.7 Å². The van der Waals surface area contributed by atoms with Crippen LogP contribution in [0.5, 0.6) is 5.88 Å². The van der Waals surface area contributed by atoms with Gasteiger partial charge in [0.25, 0.3) is 0 Å². The molecule has 1 unspecified atom stereocenters. The van der Waals surface area contributed by atoms with Gasteiger partial charge in [-0.05, 0) is 47.7 Å². The van der Waals surface area contributed by atoms with Crippen LogP contribution >= 0.6 is 0 Å². The van der Waals surface area contributed by atoms with Gasteiger partial charge in [0, 0.05) is 25.4 Å². The van der Waals surface area contributed by atoms with E-state index in [4.69, 9.17) is 4.74 Å². The van der Waals surface area contributed by atoms with Crippen LogP contribution in [-0.4, -0.2) is 25.0 Å². The summed E-state index contributed by atoms with van der Waals surface area (Å²) in [6.45, 7) is 0. The van der Waals surface area contributed by atoms with Crippen LogP contribution in [0.15, 0.2) is 72.9 Å². The Balaban J connectivity index is 1.86. The molecule has 5 nitrogen and oxygen atoms in total. The van der Waals surface area contributed by atoms with E-state index in [9.17, 15) is 18.0 Å². The number of halogens is 3. The number of pyridine rings is 1. The number of nitrogens with one attached hydrogen (secondary N) is 2. The molecule has 33 heavy (non-hydrogen) atoms. The number of carbonyl (C=O) groups excluding carboxylic acids is 1. The molecule has 0 bridgehead atoms. The molecule has 2 aromatic carbocycles. The summed E-state index contributed by atoms with van der Waals surface area (Å²) in [7, 11) is 3.10. The number of hydrogen-bond acceptors (Lipinski definition) is 4. The molecule has 3 rings (SSSR count). The zero-order valence-electron chi connectivity index (χ0n) is 18.4. The molecule has 1 heterocycles. The number of ether oxygens (including phenoxy) is 1. The van der Waals surface area contributed by atoms with E-state index in [0.717, 1.165) is 28.8 Å². The highest BCUT2D eigenvalue weighted by Gasteiger charge is 2.30. The molecule has 3 aromatic rings. The predicted octanol–water partition coefficient (Wildman–Crippen LogP) is 4.86. The van der Waals surface area contributed by atoms with Crippen LogP contribution in [0.4, 0.5) is 13.2 Å². The van der Waals surface area contributed by atoms with Crippen molar-refractivity contribution in [2.75, 3.05) is 14.2 Å². The largest absolute Gasteiger partial charge is 0.481 e. The number of aryl methyl sites for hydroxylation is 1. The number of alkyl halides is 3. The van der Waals surface area contributed by atoms with E-state index in [-0.39, 0.29) is 11.9 Å². The fourth-order valence-electron chi connectivity index (χ4n) is 3.59. The fourth-order valence-corrected chi connectivity index (χ4v) is 3.59. The smallest absolute Gasteiger partial charge is 0.416 e. The van der Waals surface area contributed by atoms with E-state index in [1.54, 1.807) is 19.3 Å². The van der Waals surface area contributed by atoms with Gasteiger partial charge < -0.3 is 10.1 Å². The van der Waals surface area contributed by atoms with Gasteiger partial charge >= 0.3 is 6.18 Å². The molecular formula is C25H26F3N3O2. The van der Waals surface area contributed by atoms with E-state index in [1.807, 2.05) is 36.4 Å². The summed E-state index contributed by atoms with van der Waals surface area (Å²) in [5, 5.41) is 6.11. The molecule has 0 fully saturated rings. The average molecular weight is 457 g/mol. The molecule has 0 saturated carbocycles. The summed E-state index contributed by atoms with van der Waals surface area (Å²) in [4.78, 5) is 16.8. The Kier molecular flexibility index (Phi) is 8.06. The summed E-state index contributed by atoms with van der Waals surface area (Å²) in [5.74, 6) is 0.242. The lowest BCUT2D eigenvalue weighted by atomic mass is 9.96. The first kappa shape index (κ1) is 24.3. The van der Waals surface area contributed by atoms with Crippen LogP contribution in [0, 0.1) is 0 Å². The van der Waals surface area contributed by atoms with Crippen LogP contribution < -0.4 is 15.4 Å². The Bertz CT molecular complexity index is 1040. The van der Waals surface area contributed by atoms with Gasteiger partial charge in [-0.3, -0.25) is 10.1 Å². The minimum absolute atomic E-state index is 0.193. The Morgan fingerprint density at radius 1 is 1.03 bits per heavy atom. The summed E-state index contributed by atoms with van der Waals surface area (Å²) < 4.78 is 43.9. The third kappa shape index (κ3) is 6.55. The normalized spacial score (nSPS) is 13.2. The van der Waals surface area contributed by atoms with E-state index in [1.165, 1.54) is 19.2 Å². The molecule has 174 valence electrons. The molecule has 0 radical (unpaired) electrons. The van der Waals surface area contributed by atoms with Crippen LogP contribution in [-0.2, 0) is 17.4 Å². The van der Waals surface area contributed by atoms with Gasteiger partial charge in [0.15, 0.2) is 0 Å². The third-order valence-corrected chi connectivity index (χ3v) is 5.38. The number of methoxy groups -OCH3 is 1. The minimum Gasteiger partial charge on any atom is -0.481 e. The van der Waals surface area contributed by atoms with E-state index < -0.39 is 17.8 Å². The van der Waals surface area contributed by atoms with Gasteiger partial charge in [-0.25, -0.2) is 4.98 Å². The number of amides is 1. The summed E-state index contributed by atoms with van der Waals surface area (Å²) in [6.07, 6.45) is -1.69. The highest BCUT2D eigenvalue weighted by atomic mass is 19.4. The van der Waals surface area contributed by atoms with Crippen LogP contribution in [0.25, 0.3) is 0 Å². The van der Waals surface area contributed by atoms with Crippen molar-refractivity contribution in [3.63, 3.8) is 0 Å². The van der Waals surface area contributed by atoms with Crippen molar-refractivity contribution in [2.45, 2.75) is 31.1 Å². The van der Waals surface area contributed by atoms with Crippen molar-refractivity contribution >= 4 is 5.91 Å². The third-order valence-electron chi connectivity index (χ3n) is 5.38. The number of rotatable bonds is 9. The van der Waals surface area contributed by atoms with E-state index >= 15 is 0 Å². The van der Waals surface area contributed by atoms with Gasteiger partial charge in [0.05, 0.1) is 12.7 Å². The maximum absolute atomic E-state index is 12.9. The quantitative estimate of drug-likeness (QED) is 0.482. The molecule has 2 atom stereocenters. The lowest BCUT2D eigenvalue weighted by Crippen LogP contribution is -2.38. The van der Waals surface area contributed by atoms with Crippen molar-refractivity contribution in [2.24, 2.45) is 0 Å². The van der Waals surface area contributed by atoms with Crippen LogP contribution in [0.3, 0.4) is 0 Å². The second-order valence-electron chi connectivity index (χ2n) is 7.54. The Labute approximate surface area is 191 Å². The SMILES string of the molecule is CNC(=O)C(N[C@H](CCc1ccc(C(F)(F)F)cc1)c1ccnc(OC)c1)c1ccccc1. The van der Waals surface area contributed by atoms with Crippen molar-refractivity contribution in [3.8, 4) is 5.88 Å². The van der Waals surface area contributed by atoms with Gasteiger partial charge in [-0.2, -0.15) is 13.2 Å². The molecule has 0 spiro atoms. The van der Waals surface area contributed by atoms with Crippen LogP contribution in [0.2, 0.25) is 0 Å². The maximum Gasteiger partial charge on any atom is 0.416 e. The second-order valence-corrected chi connectivity index (χ2v) is 7.54. The molecule has 0 aliphatic carbocycles. The highest BCUT2D eigenvalue weighted by Crippen LogP contribution is 2.30. The van der Waals surface area contributed by atoms with Crippen molar-refractivity contribution in [3.05, 3.63) is 95.2 Å². The van der Waals surface area contributed by atoms with Gasteiger partial charge in [-0.1, -0.05) is 42.5 Å². The first-order valence-corrected chi connectivity index (χ1v) is 10.5. The molecule has 0 saturated heterocycles. The fraction of sp³-hybridized carbons (Fsp3) is 0.280. The highest BCUT2D eigenvalue weighted by molar-refractivity contribution is 5.83. The molecule has 1 amide bonds. The number of benzene rings is 2. The van der Waals surface area contributed by atoms with Crippen molar-refractivity contribution in [1.82, 2.24) is 15.6 Å². The minimum atomic E-state index is -4.37. The second kappa shape index (κ2) is 11.0. The topological polar surface area (TPSA) is 63.2 Å². The number of likely N-dealkylation sites (N-methyl/N-ethyl adjacent to an activating group) is 1. The Hall–Kier alpha value is -3.39. The van der Waals surface area contributed by atoms with Crippen LogP contribution in [0.1, 0.15) is 40.8 Å². The van der Waals surface area contributed by atoms with Gasteiger partial charge in [-0.15, -0.1) is 0 Å². The summed E-state index contributed by atoms with van der Waals surface area (Å²) in [6, 6.07) is 17.2. The molecule has 1 aromatic heterocycles. The number of hydrogen-bond donors (Lipinski definition) is 2. The summed E-state index contributed by atoms with van der Waals surface area (Å²) >= 11 is 0. The molecule has 8 heteroatoms. The van der Waals surface area contributed by atoms with Gasteiger partial charge in [0.2, 0.25) is 11.8 Å². The zero-order chi connectivity index (χ0) is 23.8. The number of aromatic nitrogens is 1. The standard InChI is InChI=1S/C25H26F3N3O2/c1-29-24(32)23(18-6-4-3-5-7-18)31-21(19-14-15-30-22(16-19)33-2)13-10-17-8-11-20(12-9-17)25(26,27)28/h3-9,11-12,14-16,21,23,31H,10,13H2,1-2H3,(H,29,32)/t21-,23?/m1/s1. The molecule has 0 aliphatic heterocycles. The number of nitrogens with zero attached hydrogens (tertiary/aromatic N) is 1. The van der Waals surface area contributed by atoms with E-state index in [2.05, 4.69) is 15.6 Å². The Morgan fingerprint density at radius 2 is 1.73 bits per heavy atom. The first-order chi connectivity index (χ1) is 15.8. The lowest BCUT2D eigenvalue weighted by molar-refractivity contribution is -0.137. The summed E-state index contributed by atoms with van der Waals surface area (Å²) in [5.41, 5.74) is 1.76. The molecular weight excluding hydrogens is 431 g/mol. The predicted molar refractivity (Wildman–Crippen MR) is 120 cm³/mol. The maximum atomic E-state index is 12.9. The Morgan fingerprint density at radius 3 is 2.33 bits per heavy atom. The average Bonchev–Trinajstić information content (AvgIpc) is 2.84. The first-order valence-electron chi connectivity index (χ1n) is 10.5. The van der Waals surface area contributed by atoms with Gasteiger partial charge in [0.1, 0.15) is 6.04 Å². The van der Waals surface area contributed by atoms with Crippen molar-refractivity contribution in [1.29, 1.82) is 0 Å². The molecule has 2 N–H and O–H groups in total.